The van der Waals surface area contributed by atoms with Gasteiger partial charge in [-0.15, -0.1) is 0 Å². The molecule has 92 valence electrons. The average molecular weight is 236 g/mol. The highest BCUT2D eigenvalue weighted by molar-refractivity contribution is 5.73. The van der Waals surface area contributed by atoms with Gasteiger partial charge >= 0.3 is 6.03 Å². The molecule has 1 aliphatic carbocycles. The second kappa shape index (κ2) is 4.35. The molecule has 1 aromatic carbocycles. The van der Waals surface area contributed by atoms with Crippen molar-refractivity contribution < 1.29 is 9.18 Å². The van der Waals surface area contributed by atoms with Crippen LogP contribution in [-0.2, 0) is 5.41 Å². The lowest BCUT2D eigenvalue weighted by atomic mass is 9.96. The fraction of sp³-hybridized carbons (Fsp3) is 0.462. The predicted octanol–water partition coefficient (Wildman–Crippen LogP) is 2.13. The van der Waals surface area contributed by atoms with E-state index in [4.69, 9.17) is 0 Å². The number of hydrogen-bond acceptors (Lipinski definition) is 1. The standard InChI is InChI=1S/C13H17FN2O/c1-16(2)12(17)15-9-13(6-7-13)10-4-3-5-11(14)8-10/h3-5,8H,6-7,9H2,1-2H3,(H,15,17). The molecule has 2 rings (SSSR count). The molecule has 0 saturated heterocycles. The van der Waals surface area contributed by atoms with Crippen LogP contribution in [0.4, 0.5) is 9.18 Å². The van der Waals surface area contributed by atoms with E-state index < -0.39 is 0 Å². The minimum atomic E-state index is -0.215. The normalized spacial score (nSPS) is 16.4. The summed E-state index contributed by atoms with van der Waals surface area (Å²) in [7, 11) is 3.41. The molecule has 0 atom stereocenters. The fourth-order valence-corrected chi connectivity index (χ4v) is 1.94. The number of carbonyl (C=O) groups is 1. The molecule has 1 N–H and O–H groups in total. The number of amides is 2. The van der Waals surface area contributed by atoms with Gasteiger partial charge in [0.25, 0.3) is 0 Å². The van der Waals surface area contributed by atoms with Gasteiger partial charge in [0.15, 0.2) is 0 Å². The zero-order valence-electron chi connectivity index (χ0n) is 10.2. The largest absolute Gasteiger partial charge is 0.337 e. The van der Waals surface area contributed by atoms with Gasteiger partial charge in [-0.3, -0.25) is 0 Å². The first-order valence-corrected chi connectivity index (χ1v) is 5.75. The van der Waals surface area contributed by atoms with Crippen molar-refractivity contribution >= 4 is 6.03 Å². The lowest BCUT2D eigenvalue weighted by Crippen LogP contribution is -2.39. The summed E-state index contributed by atoms with van der Waals surface area (Å²) in [5.41, 5.74) is 0.935. The molecule has 2 amide bonds. The predicted molar refractivity (Wildman–Crippen MR) is 64.4 cm³/mol. The Morgan fingerprint density at radius 3 is 2.71 bits per heavy atom. The fourth-order valence-electron chi connectivity index (χ4n) is 1.94. The van der Waals surface area contributed by atoms with E-state index in [0.717, 1.165) is 18.4 Å². The van der Waals surface area contributed by atoms with E-state index in [1.807, 2.05) is 6.07 Å². The second-order valence-corrected chi connectivity index (χ2v) is 4.84. The summed E-state index contributed by atoms with van der Waals surface area (Å²) in [6.45, 7) is 0.577. The molecule has 0 heterocycles. The number of nitrogens with one attached hydrogen (secondary N) is 1. The van der Waals surface area contributed by atoms with E-state index in [1.165, 1.54) is 11.0 Å². The molecule has 0 aliphatic heterocycles. The Kier molecular flexibility index (Phi) is 3.05. The maximum Gasteiger partial charge on any atom is 0.316 e. The topological polar surface area (TPSA) is 32.3 Å². The quantitative estimate of drug-likeness (QED) is 0.856. The summed E-state index contributed by atoms with van der Waals surface area (Å²) in [6.07, 6.45) is 2.01. The molecule has 3 nitrogen and oxygen atoms in total. The third-order valence-electron chi connectivity index (χ3n) is 3.27. The van der Waals surface area contributed by atoms with Crippen molar-refractivity contribution in [2.45, 2.75) is 18.3 Å². The molecule has 1 aliphatic rings. The highest BCUT2D eigenvalue weighted by atomic mass is 19.1. The number of carbonyl (C=O) groups excluding carboxylic acids is 1. The monoisotopic (exact) mass is 236 g/mol. The molecule has 0 unspecified atom stereocenters. The number of halogens is 1. The minimum Gasteiger partial charge on any atom is -0.337 e. The van der Waals surface area contributed by atoms with Gasteiger partial charge in [0.1, 0.15) is 5.82 Å². The van der Waals surface area contributed by atoms with E-state index in [1.54, 1.807) is 26.2 Å². The Labute approximate surface area is 101 Å². The van der Waals surface area contributed by atoms with Gasteiger partial charge in [-0.25, -0.2) is 9.18 Å². The van der Waals surface area contributed by atoms with Crippen molar-refractivity contribution in [2.75, 3.05) is 20.6 Å². The molecule has 0 bridgehead atoms. The SMILES string of the molecule is CN(C)C(=O)NCC1(c2cccc(F)c2)CC1. The molecule has 4 heteroatoms. The molecule has 0 spiro atoms. The Bertz CT molecular complexity index is 427. The van der Waals surface area contributed by atoms with E-state index >= 15 is 0 Å². The van der Waals surface area contributed by atoms with E-state index in [9.17, 15) is 9.18 Å². The minimum absolute atomic E-state index is 0.0478. The van der Waals surface area contributed by atoms with Crippen molar-refractivity contribution in [3.8, 4) is 0 Å². The molecule has 0 aromatic heterocycles. The maximum absolute atomic E-state index is 13.2. The zero-order chi connectivity index (χ0) is 12.5. The van der Waals surface area contributed by atoms with Gasteiger partial charge in [-0.05, 0) is 30.5 Å². The van der Waals surface area contributed by atoms with E-state index in [2.05, 4.69) is 5.32 Å². The maximum atomic E-state index is 13.2. The summed E-state index contributed by atoms with van der Waals surface area (Å²) in [5, 5.41) is 2.87. The number of rotatable bonds is 3. The second-order valence-electron chi connectivity index (χ2n) is 4.84. The number of benzene rings is 1. The van der Waals surface area contributed by atoms with Crippen LogP contribution in [-0.4, -0.2) is 31.6 Å². The molecule has 17 heavy (non-hydrogen) atoms. The van der Waals surface area contributed by atoms with Crippen LogP contribution in [0.3, 0.4) is 0 Å². The first-order valence-electron chi connectivity index (χ1n) is 5.75. The molecular formula is C13H17FN2O. The van der Waals surface area contributed by atoms with Gasteiger partial charge in [0.05, 0.1) is 0 Å². The van der Waals surface area contributed by atoms with Crippen LogP contribution in [0.1, 0.15) is 18.4 Å². The zero-order valence-corrected chi connectivity index (χ0v) is 10.2. The van der Waals surface area contributed by atoms with Crippen molar-refractivity contribution in [2.24, 2.45) is 0 Å². The Balaban J connectivity index is 2.03. The Morgan fingerprint density at radius 1 is 1.47 bits per heavy atom. The third kappa shape index (κ3) is 2.57. The lowest BCUT2D eigenvalue weighted by molar-refractivity contribution is 0.216. The summed E-state index contributed by atoms with van der Waals surface area (Å²) in [4.78, 5) is 13.0. The van der Waals surface area contributed by atoms with Gasteiger partial charge < -0.3 is 10.2 Å². The Hall–Kier alpha value is -1.58. The molecular weight excluding hydrogens is 219 g/mol. The number of hydrogen-bond donors (Lipinski definition) is 1. The van der Waals surface area contributed by atoms with Crippen LogP contribution in [0.25, 0.3) is 0 Å². The van der Waals surface area contributed by atoms with Crippen LogP contribution in [0.2, 0.25) is 0 Å². The average Bonchev–Trinajstić information content (AvgIpc) is 3.07. The first kappa shape index (κ1) is 11.9. The van der Waals surface area contributed by atoms with Crippen molar-refractivity contribution in [3.05, 3.63) is 35.6 Å². The van der Waals surface area contributed by atoms with Gasteiger partial charge in [0.2, 0.25) is 0 Å². The van der Waals surface area contributed by atoms with Gasteiger partial charge in [0, 0.05) is 26.1 Å². The van der Waals surface area contributed by atoms with Crippen LogP contribution in [0.5, 0.6) is 0 Å². The third-order valence-corrected chi connectivity index (χ3v) is 3.27. The van der Waals surface area contributed by atoms with Gasteiger partial charge in [-0.2, -0.15) is 0 Å². The first-order chi connectivity index (χ1) is 8.03. The Morgan fingerprint density at radius 2 is 2.18 bits per heavy atom. The number of urea groups is 1. The van der Waals surface area contributed by atoms with E-state index in [0.29, 0.717) is 6.54 Å². The van der Waals surface area contributed by atoms with Crippen molar-refractivity contribution in [3.63, 3.8) is 0 Å². The molecule has 1 fully saturated rings. The van der Waals surface area contributed by atoms with Crippen LogP contribution in [0.15, 0.2) is 24.3 Å². The van der Waals surface area contributed by atoms with Crippen LogP contribution in [0, 0.1) is 5.82 Å². The molecule has 1 aromatic rings. The van der Waals surface area contributed by atoms with Gasteiger partial charge in [-0.1, -0.05) is 12.1 Å². The molecule has 1 saturated carbocycles. The lowest BCUT2D eigenvalue weighted by Gasteiger charge is -2.19. The van der Waals surface area contributed by atoms with Crippen molar-refractivity contribution in [1.29, 1.82) is 0 Å². The van der Waals surface area contributed by atoms with Crippen molar-refractivity contribution in [1.82, 2.24) is 10.2 Å². The summed E-state index contributed by atoms with van der Waals surface area (Å²) < 4.78 is 13.2. The summed E-state index contributed by atoms with van der Waals surface area (Å²) in [5.74, 6) is -0.215. The molecule has 0 radical (unpaired) electrons. The number of nitrogens with zero attached hydrogens (tertiary/aromatic N) is 1. The smallest absolute Gasteiger partial charge is 0.316 e. The van der Waals surface area contributed by atoms with E-state index in [-0.39, 0.29) is 17.3 Å². The van der Waals surface area contributed by atoms with Crippen LogP contribution >= 0.6 is 0 Å². The van der Waals surface area contributed by atoms with Crippen LogP contribution < -0.4 is 5.32 Å². The summed E-state index contributed by atoms with van der Waals surface area (Å²) in [6, 6.07) is 6.55. The summed E-state index contributed by atoms with van der Waals surface area (Å²) >= 11 is 0. The highest BCUT2D eigenvalue weighted by Crippen LogP contribution is 2.47. The highest BCUT2D eigenvalue weighted by Gasteiger charge is 2.44.